The highest BCUT2D eigenvalue weighted by Crippen LogP contribution is 2.32. The fourth-order valence-electron chi connectivity index (χ4n) is 2.75. The number of benzene rings is 2. The normalized spacial score (nSPS) is 11.6. The van der Waals surface area contributed by atoms with E-state index >= 15 is 0 Å². The van der Waals surface area contributed by atoms with Crippen molar-refractivity contribution in [3.05, 3.63) is 80.9 Å². The standard InChI is InChI=1S/C20H11F3N2O3S/c21-20(22,23)12-6-4-11(5-7-12)17-8-16(26)13-2-1-3-14(18(13)28-17)25-19(27)15-9-29-10-24-15/h1-10H,(H,25,27). The quantitative estimate of drug-likeness (QED) is 0.499. The van der Waals surface area contributed by atoms with E-state index in [4.69, 9.17) is 4.42 Å². The summed E-state index contributed by atoms with van der Waals surface area (Å²) in [6, 6.07) is 10.2. The van der Waals surface area contributed by atoms with Gasteiger partial charge in [-0.25, -0.2) is 4.98 Å². The smallest absolute Gasteiger partial charge is 0.416 e. The summed E-state index contributed by atoms with van der Waals surface area (Å²) in [5.41, 5.74) is 1.23. The highest BCUT2D eigenvalue weighted by Gasteiger charge is 2.30. The minimum Gasteiger partial charge on any atom is -0.454 e. The molecule has 0 aliphatic heterocycles. The fraction of sp³-hybridized carbons (Fsp3) is 0.0500. The molecule has 0 aliphatic rings. The highest BCUT2D eigenvalue weighted by atomic mass is 32.1. The van der Waals surface area contributed by atoms with E-state index < -0.39 is 17.6 Å². The molecule has 0 saturated heterocycles. The molecule has 29 heavy (non-hydrogen) atoms. The number of nitrogens with one attached hydrogen (secondary N) is 1. The summed E-state index contributed by atoms with van der Waals surface area (Å²) in [6.45, 7) is 0. The lowest BCUT2D eigenvalue weighted by Crippen LogP contribution is -2.13. The average Bonchev–Trinajstić information content (AvgIpc) is 3.23. The molecule has 5 nitrogen and oxygen atoms in total. The van der Waals surface area contributed by atoms with E-state index in [2.05, 4.69) is 10.3 Å². The molecular weight excluding hydrogens is 405 g/mol. The van der Waals surface area contributed by atoms with E-state index in [1.54, 1.807) is 17.5 Å². The largest absolute Gasteiger partial charge is 0.454 e. The van der Waals surface area contributed by atoms with Crippen molar-refractivity contribution >= 4 is 33.9 Å². The molecule has 0 atom stereocenters. The highest BCUT2D eigenvalue weighted by molar-refractivity contribution is 7.07. The maximum atomic E-state index is 12.8. The Kier molecular flexibility index (Phi) is 4.67. The van der Waals surface area contributed by atoms with Gasteiger partial charge in [-0.2, -0.15) is 13.2 Å². The number of aromatic nitrogens is 1. The zero-order chi connectivity index (χ0) is 20.6. The van der Waals surface area contributed by atoms with E-state index in [0.29, 0.717) is 5.56 Å². The molecule has 4 rings (SSSR count). The molecule has 0 fully saturated rings. The number of amides is 1. The van der Waals surface area contributed by atoms with Crippen LogP contribution >= 0.6 is 11.3 Å². The van der Waals surface area contributed by atoms with E-state index in [9.17, 15) is 22.8 Å². The van der Waals surface area contributed by atoms with Gasteiger partial charge in [0.05, 0.1) is 22.1 Å². The molecule has 2 heterocycles. The molecule has 2 aromatic carbocycles. The second kappa shape index (κ2) is 7.17. The van der Waals surface area contributed by atoms with Gasteiger partial charge < -0.3 is 9.73 Å². The van der Waals surface area contributed by atoms with Crippen LogP contribution < -0.4 is 10.7 Å². The van der Waals surface area contributed by atoms with Crippen LogP contribution in [0.15, 0.2) is 68.6 Å². The summed E-state index contributed by atoms with van der Waals surface area (Å²) in [6.07, 6.45) is -4.46. The Hall–Kier alpha value is -3.46. The first kappa shape index (κ1) is 18.9. The fourth-order valence-corrected chi connectivity index (χ4v) is 3.28. The molecule has 9 heteroatoms. The van der Waals surface area contributed by atoms with E-state index in [1.807, 2.05) is 0 Å². The van der Waals surface area contributed by atoms with Crippen molar-refractivity contribution in [2.75, 3.05) is 5.32 Å². The molecule has 2 aromatic heterocycles. The Bertz CT molecular complexity index is 1250. The Morgan fingerprint density at radius 3 is 2.52 bits per heavy atom. The number of rotatable bonds is 3. The van der Waals surface area contributed by atoms with Crippen LogP contribution in [0.5, 0.6) is 0 Å². The number of anilines is 1. The molecular formula is C20H11F3N2O3S. The Morgan fingerprint density at radius 2 is 1.86 bits per heavy atom. The summed E-state index contributed by atoms with van der Waals surface area (Å²) in [7, 11) is 0. The van der Waals surface area contributed by atoms with Gasteiger partial charge in [0.25, 0.3) is 5.91 Å². The summed E-state index contributed by atoms with van der Waals surface area (Å²) >= 11 is 1.26. The third kappa shape index (κ3) is 3.77. The first-order valence-electron chi connectivity index (χ1n) is 8.27. The van der Waals surface area contributed by atoms with Crippen molar-refractivity contribution in [3.63, 3.8) is 0 Å². The van der Waals surface area contributed by atoms with Crippen LogP contribution in [0.3, 0.4) is 0 Å². The predicted octanol–water partition coefficient (Wildman–Crippen LogP) is 5.19. The first-order valence-corrected chi connectivity index (χ1v) is 9.21. The maximum Gasteiger partial charge on any atom is 0.416 e. The third-order valence-corrected chi connectivity index (χ3v) is 4.75. The number of alkyl halides is 3. The molecule has 0 spiro atoms. The predicted molar refractivity (Wildman–Crippen MR) is 103 cm³/mol. The van der Waals surface area contributed by atoms with Gasteiger partial charge in [0, 0.05) is 17.0 Å². The van der Waals surface area contributed by atoms with E-state index in [0.717, 1.165) is 12.1 Å². The SMILES string of the molecule is O=C(Nc1cccc2c(=O)cc(-c3ccc(C(F)(F)F)cc3)oc12)c1cscn1. The molecule has 0 radical (unpaired) electrons. The first-order chi connectivity index (χ1) is 13.8. The lowest BCUT2D eigenvalue weighted by Gasteiger charge is -2.10. The molecule has 146 valence electrons. The van der Waals surface area contributed by atoms with Crippen molar-refractivity contribution < 1.29 is 22.4 Å². The van der Waals surface area contributed by atoms with Crippen LogP contribution in [-0.4, -0.2) is 10.9 Å². The van der Waals surface area contributed by atoms with Crippen LogP contribution in [0.25, 0.3) is 22.3 Å². The number of nitrogens with zero attached hydrogens (tertiary/aromatic N) is 1. The average molecular weight is 416 g/mol. The van der Waals surface area contributed by atoms with Gasteiger partial charge in [-0.15, -0.1) is 11.3 Å². The number of hydrogen-bond donors (Lipinski definition) is 1. The van der Waals surface area contributed by atoms with Gasteiger partial charge in [0.2, 0.25) is 0 Å². The summed E-state index contributed by atoms with van der Waals surface area (Å²) in [4.78, 5) is 28.7. The zero-order valence-electron chi connectivity index (χ0n) is 14.5. The second-order valence-electron chi connectivity index (χ2n) is 6.06. The molecule has 0 unspecified atom stereocenters. The maximum absolute atomic E-state index is 12.8. The van der Waals surface area contributed by atoms with Gasteiger partial charge >= 0.3 is 6.18 Å². The molecule has 0 saturated carbocycles. The summed E-state index contributed by atoms with van der Waals surface area (Å²) in [5.74, 6) is -0.382. The summed E-state index contributed by atoms with van der Waals surface area (Å²) in [5, 5.41) is 4.45. The van der Waals surface area contributed by atoms with E-state index in [-0.39, 0.29) is 33.5 Å². The molecule has 1 amide bonds. The molecule has 1 N–H and O–H groups in total. The third-order valence-electron chi connectivity index (χ3n) is 4.16. The van der Waals surface area contributed by atoms with Crippen molar-refractivity contribution in [2.24, 2.45) is 0 Å². The lowest BCUT2D eigenvalue weighted by atomic mass is 10.1. The number of carbonyl (C=O) groups is 1. The van der Waals surface area contributed by atoms with Gasteiger partial charge in [-0.3, -0.25) is 9.59 Å². The van der Waals surface area contributed by atoms with Gasteiger partial charge in [-0.1, -0.05) is 18.2 Å². The van der Waals surface area contributed by atoms with Crippen LogP contribution in [0.1, 0.15) is 16.1 Å². The van der Waals surface area contributed by atoms with Crippen molar-refractivity contribution in [3.8, 4) is 11.3 Å². The van der Waals surface area contributed by atoms with Crippen LogP contribution in [0.4, 0.5) is 18.9 Å². The van der Waals surface area contributed by atoms with E-state index in [1.165, 1.54) is 41.1 Å². The van der Waals surface area contributed by atoms with Crippen LogP contribution in [0.2, 0.25) is 0 Å². The Morgan fingerprint density at radius 1 is 1.10 bits per heavy atom. The number of thiazole rings is 1. The zero-order valence-corrected chi connectivity index (χ0v) is 15.3. The lowest BCUT2D eigenvalue weighted by molar-refractivity contribution is -0.137. The summed E-state index contributed by atoms with van der Waals surface area (Å²) < 4.78 is 44.1. The number of halogens is 3. The second-order valence-corrected chi connectivity index (χ2v) is 6.78. The number of hydrogen-bond acceptors (Lipinski definition) is 5. The van der Waals surface area contributed by atoms with Crippen molar-refractivity contribution in [1.29, 1.82) is 0 Å². The molecule has 0 aliphatic carbocycles. The van der Waals surface area contributed by atoms with Crippen LogP contribution in [-0.2, 0) is 6.18 Å². The van der Waals surface area contributed by atoms with Gasteiger partial charge in [0.1, 0.15) is 11.5 Å². The van der Waals surface area contributed by atoms with Crippen molar-refractivity contribution in [2.45, 2.75) is 6.18 Å². The number of para-hydroxylation sites is 1. The minimum absolute atomic E-state index is 0.0894. The topological polar surface area (TPSA) is 72.2 Å². The van der Waals surface area contributed by atoms with Gasteiger partial charge in [0.15, 0.2) is 11.0 Å². The van der Waals surface area contributed by atoms with Gasteiger partial charge in [-0.05, 0) is 24.3 Å². The van der Waals surface area contributed by atoms with Crippen molar-refractivity contribution in [1.82, 2.24) is 4.98 Å². The monoisotopic (exact) mass is 416 g/mol. The number of carbonyl (C=O) groups excluding carboxylic acids is 1. The number of fused-ring (bicyclic) bond motifs is 1. The molecule has 0 bridgehead atoms. The van der Waals surface area contributed by atoms with Crippen LogP contribution in [0, 0.1) is 0 Å². The Labute approximate surface area is 165 Å². The molecule has 4 aromatic rings. The Balaban J connectivity index is 1.77. The minimum atomic E-state index is -4.46.